The minimum Gasteiger partial charge on any atom is -0.338 e. The van der Waals surface area contributed by atoms with Crippen LogP contribution >= 0.6 is 0 Å². The molecular weight excluding hydrogens is 486 g/mol. The Morgan fingerprint density at radius 2 is 1.62 bits per heavy atom. The topological polar surface area (TPSA) is 32.0 Å². The Bertz CT molecular complexity index is 1850. The minimum atomic E-state index is -0.175. The van der Waals surface area contributed by atoms with Gasteiger partial charge < -0.3 is 9.47 Å². The first-order valence-electron chi connectivity index (χ1n) is 14.6. The van der Waals surface area contributed by atoms with E-state index in [2.05, 4.69) is 131 Å². The van der Waals surface area contributed by atoms with E-state index in [0.717, 1.165) is 24.1 Å². The number of benzene rings is 3. The summed E-state index contributed by atoms with van der Waals surface area (Å²) in [5, 5.41) is 12.5. The first-order valence-corrected chi connectivity index (χ1v) is 14.6. The number of nitriles is 1. The standard InChI is InChI=1S/C37H31N3/c38-24-26-11-1-5-19-33(26)40-36-22-8-4-16-31(36)32-18-10-17-28(37(32)40)25-12-9-13-27(23-25)39-34-20-6-2-14-29(34)30-15-3-7-21-35(30)39/h1-2,4-10,12-13,16-23,26,29-30,35H,3,11,14-15H2. The van der Waals surface area contributed by atoms with Crippen molar-refractivity contribution in [1.82, 2.24) is 4.57 Å². The van der Waals surface area contributed by atoms with Crippen LogP contribution in [0.15, 0.2) is 121 Å². The highest BCUT2D eigenvalue weighted by Crippen LogP contribution is 2.49. The maximum absolute atomic E-state index is 10.1. The molecule has 40 heavy (non-hydrogen) atoms. The van der Waals surface area contributed by atoms with Gasteiger partial charge in [0.15, 0.2) is 0 Å². The monoisotopic (exact) mass is 517 g/mol. The quantitative estimate of drug-likeness (QED) is 0.254. The third-order valence-electron chi connectivity index (χ3n) is 9.38. The maximum Gasteiger partial charge on any atom is 0.0902 e. The molecule has 1 saturated heterocycles. The second-order valence-electron chi connectivity index (χ2n) is 11.4. The van der Waals surface area contributed by atoms with Crippen LogP contribution in [-0.2, 0) is 0 Å². The second-order valence-corrected chi connectivity index (χ2v) is 11.4. The Labute approximate surface area is 235 Å². The van der Waals surface area contributed by atoms with Crippen molar-refractivity contribution in [2.45, 2.75) is 31.7 Å². The Balaban J connectivity index is 1.34. The molecule has 3 aliphatic carbocycles. The highest BCUT2D eigenvalue weighted by molar-refractivity contribution is 6.14. The van der Waals surface area contributed by atoms with Crippen LogP contribution in [0.3, 0.4) is 0 Å². The lowest BCUT2D eigenvalue weighted by Gasteiger charge is -2.30. The normalized spacial score (nSPS) is 25.0. The summed E-state index contributed by atoms with van der Waals surface area (Å²) in [5.74, 6) is 1.10. The van der Waals surface area contributed by atoms with E-state index in [1.54, 1.807) is 0 Å². The van der Waals surface area contributed by atoms with E-state index in [1.807, 2.05) is 0 Å². The van der Waals surface area contributed by atoms with E-state index in [-0.39, 0.29) is 5.92 Å². The van der Waals surface area contributed by atoms with Gasteiger partial charge in [-0.15, -0.1) is 0 Å². The molecule has 0 radical (unpaired) electrons. The highest BCUT2D eigenvalue weighted by atomic mass is 15.2. The number of aromatic nitrogens is 1. The number of allylic oxidation sites excluding steroid dienone is 9. The summed E-state index contributed by atoms with van der Waals surface area (Å²) in [6, 6.07) is 27.4. The van der Waals surface area contributed by atoms with Crippen molar-refractivity contribution >= 4 is 33.2 Å². The molecule has 2 heterocycles. The van der Waals surface area contributed by atoms with E-state index in [0.29, 0.717) is 17.9 Å². The van der Waals surface area contributed by atoms with E-state index >= 15 is 0 Å². The van der Waals surface area contributed by atoms with Gasteiger partial charge in [-0.2, -0.15) is 5.26 Å². The van der Waals surface area contributed by atoms with Gasteiger partial charge in [0.2, 0.25) is 0 Å². The lowest BCUT2D eigenvalue weighted by atomic mass is 9.80. The molecule has 1 aliphatic heterocycles. The summed E-state index contributed by atoms with van der Waals surface area (Å²) in [6.45, 7) is 0. The predicted molar refractivity (Wildman–Crippen MR) is 165 cm³/mol. The molecule has 194 valence electrons. The number of hydrogen-bond donors (Lipinski definition) is 0. The number of rotatable bonds is 3. The van der Waals surface area contributed by atoms with E-state index < -0.39 is 0 Å². The van der Waals surface area contributed by atoms with Crippen LogP contribution in [0.4, 0.5) is 5.69 Å². The van der Waals surface area contributed by atoms with Crippen LogP contribution in [0.5, 0.6) is 0 Å². The van der Waals surface area contributed by atoms with Gasteiger partial charge in [0.05, 0.1) is 29.1 Å². The van der Waals surface area contributed by atoms with Crippen molar-refractivity contribution in [3.63, 3.8) is 0 Å². The smallest absolute Gasteiger partial charge is 0.0902 e. The van der Waals surface area contributed by atoms with Gasteiger partial charge in [-0.25, -0.2) is 0 Å². The van der Waals surface area contributed by atoms with E-state index in [1.165, 1.54) is 51.6 Å². The molecule has 4 atom stereocenters. The van der Waals surface area contributed by atoms with Crippen molar-refractivity contribution in [1.29, 1.82) is 5.26 Å². The molecule has 4 aliphatic rings. The van der Waals surface area contributed by atoms with Crippen LogP contribution in [0.25, 0.3) is 38.6 Å². The fraction of sp³-hybridized carbons (Fsp3) is 0.216. The Morgan fingerprint density at radius 3 is 2.55 bits per heavy atom. The summed E-state index contributed by atoms with van der Waals surface area (Å²) in [4.78, 5) is 2.61. The van der Waals surface area contributed by atoms with Crippen LogP contribution in [0.1, 0.15) is 25.7 Å². The molecule has 4 unspecified atom stereocenters. The molecule has 0 bridgehead atoms. The van der Waals surface area contributed by atoms with Crippen molar-refractivity contribution < 1.29 is 0 Å². The molecule has 3 aromatic carbocycles. The number of hydrogen-bond acceptors (Lipinski definition) is 2. The van der Waals surface area contributed by atoms with Gasteiger partial charge in [-0.05, 0) is 67.5 Å². The van der Waals surface area contributed by atoms with Crippen molar-refractivity contribution in [2.75, 3.05) is 4.90 Å². The van der Waals surface area contributed by atoms with E-state index in [9.17, 15) is 5.26 Å². The molecule has 0 amide bonds. The molecule has 0 spiro atoms. The molecule has 0 N–H and O–H groups in total. The van der Waals surface area contributed by atoms with Gasteiger partial charge in [0.1, 0.15) is 0 Å². The van der Waals surface area contributed by atoms with Crippen molar-refractivity contribution in [2.24, 2.45) is 17.8 Å². The average Bonchev–Trinajstić information content (AvgIpc) is 3.54. The van der Waals surface area contributed by atoms with E-state index in [4.69, 9.17) is 0 Å². The van der Waals surface area contributed by atoms with Gasteiger partial charge in [0.25, 0.3) is 0 Å². The first-order chi connectivity index (χ1) is 19.8. The Kier molecular flexibility index (Phi) is 5.42. The lowest BCUT2D eigenvalue weighted by Crippen LogP contribution is -2.31. The summed E-state index contributed by atoms with van der Waals surface area (Å²) in [7, 11) is 0. The molecule has 4 aromatic rings. The SMILES string of the molecule is N#CC1CC=CC=C1n1c2ccccc2c2cccc(-c3cccc(N4C5=CC=CCC5C5CCC=CC54)c3)c21. The summed E-state index contributed by atoms with van der Waals surface area (Å²) in [6.07, 6.45) is 22.4. The summed E-state index contributed by atoms with van der Waals surface area (Å²) < 4.78 is 2.35. The second kappa shape index (κ2) is 9.28. The summed E-state index contributed by atoms with van der Waals surface area (Å²) in [5.41, 5.74) is 8.52. The average molecular weight is 518 g/mol. The van der Waals surface area contributed by atoms with Gasteiger partial charge >= 0.3 is 0 Å². The van der Waals surface area contributed by atoms with Gasteiger partial charge in [0, 0.05) is 39.3 Å². The molecule has 3 nitrogen and oxygen atoms in total. The Hall–Kier alpha value is -4.55. The zero-order valence-electron chi connectivity index (χ0n) is 22.4. The fourth-order valence-electron chi connectivity index (χ4n) is 7.65. The predicted octanol–water partition coefficient (Wildman–Crippen LogP) is 9.02. The largest absolute Gasteiger partial charge is 0.338 e. The fourth-order valence-corrected chi connectivity index (χ4v) is 7.65. The van der Waals surface area contributed by atoms with Crippen LogP contribution in [-0.4, -0.2) is 10.6 Å². The number of para-hydroxylation sites is 2. The zero-order chi connectivity index (χ0) is 26.6. The molecule has 3 heteroatoms. The molecular formula is C37H31N3. The molecule has 1 fully saturated rings. The number of nitrogens with zero attached hydrogens (tertiary/aromatic N) is 3. The van der Waals surface area contributed by atoms with Gasteiger partial charge in [-0.1, -0.05) is 85.0 Å². The Morgan fingerprint density at radius 1 is 0.800 bits per heavy atom. The molecule has 1 aromatic heterocycles. The molecule has 0 saturated carbocycles. The van der Waals surface area contributed by atoms with Crippen LogP contribution in [0.2, 0.25) is 0 Å². The van der Waals surface area contributed by atoms with Crippen molar-refractivity contribution in [3.05, 3.63) is 121 Å². The third-order valence-corrected chi connectivity index (χ3v) is 9.38. The third kappa shape index (κ3) is 3.42. The van der Waals surface area contributed by atoms with Crippen LogP contribution in [0, 0.1) is 29.1 Å². The lowest BCUT2D eigenvalue weighted by molar-refractivity contribution is 0.374. The maximum atomic E-state index is 10.1. The molecule has 8 rings (SSSR count). The van der Waals surface area contributed by atoms with Crippen molar-refractivity contribution in [3.8, 4) is 17.2 Å². The first kappa shape index (κ1) is 23.3. The zero-order valence-corrected chi connectivity index (χ0v) is 22.4. The van der Waals surface area contributed by atoms with Gasteiger partial charge in [-0.3, -0.25) is 0 Å². The van der Waals surface area contributed by atoms with Crippen LogP contribution < -0.4 is 4.90 Å². The number of anilines is 1. The summed E-state index contributed by atoms with van der Waals surface area (Å²) >= 11 is 0. The highest BCUT2D eigenvalue weighted by Gasteiger charge is 2.44. The number of fused-ring (bicyclic) bond motifs is 6. The minimum absolute atomic E-state index is 0.175.